The van der Waals surface area contributed by atoms with Crippen molar-refractivity contribution in [3.63, 3.8) is 0 Å². The van der Waals surface area contributed by atoms with Crippen molar-refractivity contribution in [2.75, 3.05) is 39.4 Å². The summed E-state index contributed by atoms with van der Waals surface area (Å²) in [7, 11) is -3.87. The Hall–Kier alpha value is -2.82. The van der Waals surface area contributed by atoms with E-state index in [0.29, 0.717) is 57.8 Å². The first-order valence-corrected chi connectivity index (χ1v) is 12.5. The van der Waals surface area contributed by atoms with Gasteiger partial charge in [0.1, 0.15) is 10.7 Å². The number of hydrogen-bond acceptors (Lipinski definition) is 5. The molecule has 174 valence electrons. The third-order valence-electron chi connectivity index (χ3n) is 6.45. The average molecular weight is 473 g/mol. The molecule has 0 radical (unpaired) electrons. The minimum absolute atomic E-state index is 0.0590. The molecule has 2 aliphatic rings. The fourth-order valence-electron chi connectivity index (χ4n) is 4.58. The molecule has 0 aliphatic carbocycles. The van der Waals surface area contributed by atoms with Gasteiger partial charge in [-0.2, -0.15) is 9.40 Å². The standard InChI is InChI=1S/C23H25FN4O4S/c24-20-3-1-2-4-22(20)33(30,31)27-8-5-17(6-9-27)18-7-10-28-21(15-18)19(16-25-28)23(29)26-11-13-32-14-12-26/h1-4,7,10,15-17H,5-6,8-9,11-14H2. The zero-order valence-corrected chi connectivity index (χ0v) is 18.9. The number of sulfonamides is 1. The van der Waals surface area contributed by atoms with Crippen LogP contribution in [0.4, 0.5) is 4.39 Å². The van der Waals surface area contributed by atoms with Crippen molar-refractivity contribution in [2.45, 2.75) is 23.7 Å². The maximum absolute atomic E-state index is 14.1. The third kappa shape index (κ3) is 4.14. The lowest BCUT2D eigenvalue weighted by atomic mass is 9.90. The molecule has 1 amide bonds. The van der Waals surface area contributed by atoms with Crippen LogP contribution < -0.4 is 0 Å². The van der Waals surface area contributed by atoms with E-state index in [0.717, 1.165) is 17.1 Å². The fraction of sp³-hybridized carbons (Fsp3) is 0.391. The number of hydrogen-bond donors (Lipinski definition) is 0. The number of carbonyl (C=O) groups excluding carboxylic acids is 1. The summed E-state index contributed by atoms with van der Waals surface area (Å²) in [5.74, 6) is -0.650. The number of piperidine rings is 1. The lowest BCUT2D eigenvalue weighted by molar-refractivity contribution is 0.0304. The highest BCUT2D eigenvalue weighted by Gasteiger charge is 2.32. The van der Waals surface area contributed by atoms with E-state index in [2.05, 4.69) is 5.10 Å². The van der Waals surface area contributed by atoms with E-state index < -0.39 is 15.8 Å². The minimum Gasteiger partial charge on any atom is -0.378 e. The summed E-state index contributed by atoms with van der Waals surface area (Å²) < 4.78 is 48.2. The van der Waals surface area contributed by atoms with Crippen LogP contribution in [-0.2, 0) is 14.8 Å². The summed E-state index contributed by atoms with van der Waals surface area (Å²) >= 11 is 0. The van der Waals surface area contributed by atoms with Gasteiger partial charge in [0.15, 0.2) is 0 Å². The van der Waals surface area contributed by atoms with Crippen LogP contribution in [0, 0.1) is 5.82 Å². The Morgan fingerprint density at radius 3 is 2.52 bits per heavy atom. The van der Waals surface area contributed by atoms with Gasteiger partial charge in [0.25, 0.3) is 5.91 Å². The first kappa shape index (κ1) is 22.0. The highest BCUT2D eigenvalue weighted by Crippen LogP contribution is 2.32. The number of halogens is 1. The summed E-state index contributed by atoms with van der Waals surface area (Å²) in [6.45, 7) is 2.81. The lowest BCUT2D eigenvalue weighted by Crippen LogP contribution is -2.40. The molecule has 8 nitrogen and oxygen atoms in total. The van der Waals surface area contributed by atoms with E-state index in [4.69, 9.17) is 4.74 Å². The summed E-state index contributed by atoms with van der Waals surface area (Å²) in [4.78, 5) is 14.5. The normalized spacial score (nSPS) is 18.6. The molecule has 5 rings (SSSR count). The van der Waals surface area contributed by atoms with Crippen LogP contribution >= 0.6 is 0 Å². The maximum atomic E-state index is 14.1. The van der Waals surface area contributed by atoms with Crippen LogP contribution in [-0.4, -0.2) is 72.5 Å². The molecule has 0 spiro atoms. The third-order valence-corrected chi connectivity index (χ3v) is 8.39. The Morgan fingerprint density at radius 1 is 1.06 bits per heavy atom. The van der Waals surface area contributed by atoms with Crippen molar-refractivity contribution in [3.8, 4) is 0 Å². The van der Waals surface area contributed by atoms with Gasteiger partial charge in [-0.15, -0.1) is 0 Å². The zero-order chi connectivity index (χ0) is 23.0. The highest BCUT2D eigenvalue weighted by molar-refractivity contribution is 7.89. The van der Waals surface area contributed by atoms with Crippen LogP contribution in [0.25, 0.3) is 5.52 Å². The number of amides is 1. The Morgan fingerprint density at radius 2 is 1.79 bits per heavy atom. The smallest absolute Gasteiger partial charge is 0.257 e. The lowest BCUT2D eigenvalue weighted by Gasteiger charge is -2.31. The molecule has 2 aromatic heterocycles. The Kier molecular flexibility index (Phi) is 5.90. The highest BCUT2D eigenvalue weighted by atomic mass is 32.2. The molecular weight excluding hydrogens is 447 g/mol. The number of morpholine rings is 1. The molecule has 0 unspecified atom stereocenters. The van der Waals surface area contributed by atoms with Gasteiger partial charge < -0.3 is 9.64 Å². The average Bonchev–Trinajstić information content (AvgIpc) is 3.27. The second kappa shape index (κ2) is 8.85. The SMILES string of the molecule is O=C(c1cnn2ccc(C3CCN(S(=O)(=O)c4ccccc4F)CC3)cc12)N1CCOCC1. The van der Waals surface area contributed by atoms with Gasteiger partial charge in [-0.05, 0) is 48.6 Å². The van der Waals surface area contributed by atoms with E-state index >= 15 is 0 Å². The van der Waals surface area contributed by atoms with Crippen molar-refractivity contribution in [2.24, 2.45) is 0 Å². The van der Waals surface area contributed by atoms with Gasteiger partial charge in [-0.3, -0.25) is 4.79 Å². The molecule has 2 saturated heterocycles. The molecule has 1 aromatic carbocycles. The summed E-state index contributed by atoms with van der Waals surface area (Å²) in [5.41, 5.74) is 2.34. The van der Waals surface area contributed by atoms with Crippen molar-refractivity contribution in [3.05, 3.63) is 65.7 Å². The van der Waals surface area contributed by atoms with E-state index in [1.54, 1.807) is 15.6 Å². The number of ether oxygens (including phenoxy) is 1. The second-order valence-electron chi connectivity index (χ2n) is 8.36. The van der Waals surface area contributed by atoms with Crippen LogP contribution in [0.3, 0.4) is 0 Å². The van der Waals surface area contributed by atoms with E-state index in [9.17, 15) is 17.6 Å². The van der Waals surface area contributed by atoms with Gasteiger partial charge >= 0.3 is 0 Å². The number of fused-ring (bicyclic) bond motifs is 1. The molecule has 4 heterocycles. The van der Waals surface area contributed by atoms with E-state index in [-0.39, 0.29) is 16.7 Å². The molecule has 2 aliphatic heterocycles. The van der Waals surface area contributed by atoms with Crippen LogP contribution in [0.2, 0.25) is 0 Å². The molecule has 0 atom stereocenters. The maximum Gasteiger partial charge on any atom is 0.257 e. The van der Waals surface area contributed by atoms with E-state index in [1.165, 1.54) is 22.5 Å². The first-order valence-electron chi connectivity index (χ1n) is 11.0. The van der Waals surface area contributed by atoms with Crippen LogP contribution in [0.1, 0.15) is 34.7 Å². The van der Waals surface area contributed by atoms with Crippen LogP contribution in [0.15, 0.2) is 53.7 Å². The predicted octanol–water partition coefficient (Wildman–Crippen LogP) is 2.51. The Balaban J connectivity index is 1.34. The number of carbonyl (C=O) groups is 1. The van der Waals surface area contributed by atoms with Gasteiger partial charge in [0, 0.05) is 32.4 Å². The van der Waals surface area contributed by atoms with Crippen molar-refractivity contribution in [1.29, 1.82) is 0 Å². The summed E-state index contributed by atoms with van der Waals surface area (Å²) in [6.07, 6.45) is 4.67. The predicted molar refractivity (Wildman–Crippen MR) is 119 cm³/mol. The van der Waals surface area contributed by atoms with Gasteiger partial charge in [0.2, 0.25) is 10.0 Å². The monoisotopic (exact) mass is 472 g/mol. The molecule has 0 bridgehead atoms. The molecule has 33 heavy (non-hydrogen) atoms. The van der Waals surface area contributed by atoms with Gasteiger partial charge in [0.05, 0.1) is 30.5 Å². The molecule has 2 fully saturated rings. The van der Waals surface area contributed by atoms with E-state index in [1.807, 2.05) is 18.3 Å². The first-order chi connectivity index (χ1) is 15.9. The summed E-state index contributed by atoms with van der Waals surface area (Å²) in [5, 5.41) is 4.32. The van der Waals surface area contributed by atoms with Crippen LogP contribution in [0.5, 0.6) is 0 Å². The molecule has 0 saturated carbocycles. The number of aromatic nitrogens is 2. The molecular formula is C23H25FN4O4S. The minimum atomic E-state index is -3.87. The van der Waals surface area contributed by atoms with Crippen molar-refractivity contribution >= 4 is 21.4 Å². The number of pyridine rings is 1. The number of nitrogens with zero attached hydrogens (tertiary/aromatic N) is 4. The second-order valence-corrected chi connectivity index (χ2v) is 10.3. The van der Waals surface area contributed by atoms with Crippen molar-refractivity contribution < 1.29 is 22.3 Å². The Bertz CT molecular complexity index is 1280. The van der Waals surface area contributed by atoms with Gasteiger partial charge in [-0.25, -0.2) is 17.3 Å². The molecule has 10 heteroatoms. The number of rotatable bonds is 4. The summed E-state index contributed by atoms with van der Waals surface area (Å²) in [6, 6.07) is 9.42. The molecule has 3 aromatic rings. The van der Waals surface area contributed by atoms with Gasteiger partial charge in [-0.1, -0.05) is 12.1 Å². The number of benzene rings is 1. The van der Waals surface area contributed by atoms with Crippen molar-refractivity contribution in [1.82, 2.24) is 18.8 Å². The largest absolute Gasteiger partial charge is 0.378 e. The Labute approximate surface area is 191 Å². The fourth-order valence-corrected chi connectivity index (χ4v) is 6.11. The molecule has 0 N–H and O–H groups in total. The zero-order valence-electron chi connectivity index (χ0n) is 18.1. The topological polar surface area (TPSA) is 84.2 Å². The quantitative estimate of drug-likeness (QED) is 0.583.